The van der Waals surface area contributed by atoms with Crippen molar-refractivity contribution in [2.24, 2.45) is 0 Å². The van der Waals surface area contributed by atoms with E-state index in [0.717, 1.165) is 33.5 Å². The van der Waals surface area contributed by atoms with Gasteiger partial charge in [0.25, 0.3) is 0 Å². The molecule has 0 aliphatic carbocycles. The summed E-state index contributed by atoms with van der Waals surface area (Å²) < 4.78 is 12.6. The highest BCUT2D eigenvalue weighted by molar-refractivity contribution is 9.10. The Labute approximate surface area is 162 Å². The summed E-state index contributed by atoms with van der Waals surface area (Å²) in [5.74, 6) is 1.48. The lowest BCUT2D eigenvalue weighted by atomic mass is 10.1. The van der Waals surface area contributed by atoms with Gasteiger partial charge < -0.3 is 14.8 Å². The first-order chi connectivity index (χ1) is 12.8. The molecule has 0 unspecified atom stereocenters. The number of nitrogens with one attached hydrogen (secondary N) is 1. The molecule has 0 saturated carbocycles. The Hall–Kier alpha value is -2.37. The first-order valence-electron chi connectivity index (χ1n) is 8.39. The number of hydrogen-bond acceptors (Lipinski definition) is 4. The quantitative estimate of drug-likeness (QED) is 0.580. The normalized spacial score (nSPS) is 10.5. The highest BCUT2D eigenvalue weighted by atomic mass is 79.9. The van der Waals surface area contributed by atoms with Crippen molar-refractivity contribution in [3.8, 4) is 11.5 Å². The van der Waals surface area contributed by atoms with E-state index in [4.69, 9.17) is 9.47 Å². The van der Waals surface area contributed by atoms with Gasteiger partial charge in [0.1, 0.15) is 6.61 Å². The molecule has 26 heavy (non-hydrogen) atoms. The van der Waals surface area contributed by atoms with Gasteiger partial charge >= 0.3 is 0 Å². The Morgan fingerprint density at radius 3 is 2.54 bits per heavy atom. The molecule has 3 rings (SSSR count). The molecule has 1 aromatic heterocycles. The van der Waals surface area contributed by atoms with Gasteiger partial charge in [-0.15, -0.1) is 0 Å². The van der Waals surface area contributed by atoms with Gasteiger partial charge in [0.2, 0.25) is 0 Å². The molecule has 5 heteroatoms. The second kappa shape index (κ2) is 9.36. The number of methoxy groups -OCH3 is 1. The van der Waals surface area contributed by atoms with Crippen LogP contribution in [0.4, 0.5) is 0 Å². The predicted molar refractivity (Wildman–Crippen MR) is 106 cm³/mol. The van der Waals surface area contributed by atoms with Crippen LogP contribution < -0.4 is 14.8 Å². The maximum atomic E-state index is 6.10. The second-order valence-corrected chi connectivity index (χ2v) is 6.75. The molecule has 0 radical (unpaired) electrons. The van der Waals surface area contributed by atoms with Crippen LogP contribution in [0.25, 0.3) is 0 Å². The number of rotatable bonds is 8. The van der Waals surface area contributed by atoms with E-state index in [1.807, 2.05) is 54.7 Å². The minimum atomic E-state index is 0.494. The summed E-state index contributed by atoms with van der Waals surface area (Å²) in [6.07, 6.45) is 3.64. The Morgan fingerprint density at radius 1 is 1.00 bits per heavy atom. The molecular weight excluding hydrogens is 392 g/mol. The van der Waals surface area contributed by atoms with Crippen molar-refractivity contribution in [2.75, 3.05) is 7.11 Å². The molecule has 1 heterocycles. The van der Waals surface area contributed by atoms with E-state index < -0.39 is 0 Å². The van der Waals surface area contributed by atoms with Gasteiger partial charge in [-0.3, -0.25) is 4.98 Å². The average molecular weight is 413 g/mol. The van der Waals surface area contributed by atoms with Crippen LogP contribution in [0.3, 0.4) is 0 Å². The number of hydrogen-bond donors (Lipinski definition) is 1. The minimum absolute atomic E-state index is 0.494. The van der Waals surface area contributed by atoms with E-state index in [1.165, 1.54) is 0 Å². The highest BCUT2D eigenvalue weighted by Gasteiger charge is 2.13. The van der Waals surface area contributed by atoms with Crippen LogP contribution in [0.1, 0.15) is 16.7 Å². The van der Waals surface area contributed by atoms with E-state index in [0.29, 0.717) is 18.9 Å². The largest absolute Gasteiger partial charge is 0.493 e. The average Bonchev–Trinajstić information content (AvgIpc) is 2.68. The molecule has 1 N–H and O–H groups in total. The lowest BCUT2D eigenvalue weighted by Gasteiger charge is -2.16. The van der Waals surface area contributed by atoms with E-state index in [9.17, 15) is 0 Å². The zero-order valence-corrected chi connectivity index (χ0v) is 16.2. The smallest absolute Gasteiger partial charge is 0.166 e. The molecule has 2 aromatic carbocycles. The topological polar surface area (TPSA) is 43.4 Å². The zero-order chi connectivity index (χ0) is 18.2. The lowest BCUT2D eigenvalue weighted by molar-refractivity contribution is 0.280. The molecule has 0 aliphatic rings. The van der Waals surface area contributed by atoms with Crippen molar-refractivity contribution in [3.63, 3.8) is 0 Å². The number of benzene rings is 2. The highest BCUT2D eigenvalue weighted by Crippen LogP contribution is 2.35. The predicted octanol–water partition coefficient (Wildman–Crippen LogP) is 4.72. The van der Waals surface area contributed by atoms with Crippen molar-refractivity contribution in [2.45, 2.75) is 19.7 Å². The first-order valence-corrected chi connectivity index (χ1v) is 9.18. The number of ether oxygens (including phenoxy) is 2. The third kappa shape index (κ3) is 5.07. The van der Waals surface area contributed by atoms with Crippen LogP contribution in [0.2, 0.25) is 0 Å². The summed E-state index contributed by atoms with van der Waals surface area (Å²) in [5, 5.41) is 3.44. The maximum absolute atomic E-state index is 6.10. The molecule has 134 valence electrons. The van der Waals surface area contributed by atoms with Crippen LogP contribution in [-0.4, -0.2) is 12.1 Å². The SMILES string of the molecule is COc1cc(Br)cc(CNCc2cccnc2)c1OCc1ccccc1. The van der Waals surface area contributed by atoms with Gasteiger partial charge in [0.05, 0.1) is 7.11 Å². The fourth-order valence-corrected chi connectivity index (χ4v) is 3.13. The molecule has 0 saturated heterocycles. The van der Waals surface area contributed by atoms with Gasteiger partial charge in [-0.25, -0.2) is 0 Å². The Morgan fingerprint density at radius 2 is 1.81 bits per heavy atom. The maximum Gasteiger partial charge on any atom is 0.166 e. The third-order valence-electron chi connectivity index (χ3n) is 3.91. The summed E-state index contributed by atoms with van der Waals surface area (Å²) in [4.78, 5) is 4.14. The lowest BCUT2D eigenvalue weighted by Crippen LogP contribution is -2.14. The van der Waals surface area contributed by atoms with Gasteiger partial charge in [-0.1, -0.05) is 52.3 Å². The zero-order valence-electron chi connectivity index (χ0n) is 14.6. The Bertz CT molecular complexity index is 826. The standard InChI is InChI=1S/C21H21BrN2O2/c1-25-20-11-19(22)10-18(14-24-13-17-8-5-9-23-12-17)21(20)26-15-16-6-3-2-4-7-16/h2-12,24H,13-15H2,1H3. The number of aromatic nitrogens is 1. The van der Waals surface area contributed by atoms with E-state index in [-0.39, 0.29) is 0 Å². The number of nitrogens with zero attached hydrogens (tertiary/aromatic N) is 1. The van der Waals surface area contributed by atoms with Crippen LogP contribution in [-0.2, 0) is 19.7 Å². The molecule has 0 spiro atoms. The van der Waals surface area contributed by atoms with Crippen LogP contribution in [0.5, 0.6) is 11.5 Å². The Balaban J connectivity index is 1.73. The first kappa shape index (κ1) is 18.4. The number of pyridine rings is 1. The molecule has 4 nitrogen and oxygen atoms in total. The summed E-state index contributed by atoms with van der Waals surface area (Å²) >= 11 is 3.55. The molecule has 0 aliphatic heterocycles. The summed E-state index contributed by atoms with van der Waals surface area (Å²) in [7, 11) is 1.66. The van der Waals surface area contributed by atoms with E-state index >= 15 is 0 Å². The van der Waals surface area contributed by atoms with E-state index in [2.05, 4.69) is 32.3 Å². The van der Waals surface area contributed by atoms with Crippen molar-refractivity contribution < 1.29 is 9.47 Å². The number of halogens is 1. The second-order valence-electron chi connectivity index (χ2n) is 5.84. The van der Waals surface area contributed by atoms with Crippen molar-refractivity contribution >= 4 is 15.9 Å². The minimum Gasteiger partial charge on any atom is -0.493 e. The fraction of sp³-hybridized carbons (Fsp3) is 0.190. The molecule has 0 amide bonds. The van der Waals surface area contributed by atoms with Crippen molar-refractivity contribution in [3.05, 3.63) is 88.2 Å². The molecule has 3 aromatic rings. The van der Waals surface area contributed by atoms with Crippen LogP contribution >= 0.6 is 15.9 Å². The molecule has 0 bridgehead atoms. The van der Waals surface area contributed by atoms with Gasteiger partial charge in [-0.05, 0) is 29.3 Å². The van der Waals surface area contributed by atoms with Crippen molar-refractivity contribution in [1.29, 1.82) is 0 Å². The molecule has 0 atom stereocenters. The van der Waals surface area contributed by atoms with Crippen LogP contribution in [0.15, 0.2) is 71.5 Å². The fourth-order valence-electron chi connectivity index (χ4n) is 2.64. The van der Waals surface area contributed by atoms with Crippen molar-refractivity contribution in [1.82, 2.24) is 10.3 Å². The third-order valence-corrected chi connectivity index (χ3v) is 4.37. The summed E-state index contributed by atoms with van der Waals surface area (Å²) in [6, 6.07) is 18.1. The van der Waals surface area contributed by atoms with Gasteiger partial charge in [-0.2, -0.15) is 0 Å². The molecule has 0 fully saturated rings. The Kier molecular flexibility index (Phi) is 6.63. The van der Waals surface area contributed by atoms with Gasteiger partial charge in [0, 0.05) is 35.5 Å². The summed E-state index contributed by atoms with van der Waals surface area (Å²) in [6.45, 7) is 1.89. The monoisotopic (exact) mass is 412 g/mol. The summed E-state index contributed by atoms with van der Waals surface area (Å²) in [5.41, 5.74) is 3.30. The van der Waals surface area contributed by atoms with Crippen LogP contribution in [0, 0.1) is 0 Å². The molecular formula is C21H21BrN2O2. The van der Waals surface area contributed by atoms with Gasteiger partial charge in [0.15, 0.2) is 11.5 Å². The van der Waals surface area contributed by atoms with E-state index in [1.54, 1.807) is 13.3 Å².